The number of rotatable bonds is 5. The lowest BCUT2D eigenvalue weighted by molar-refractivity contribution is 0.678. The van der Waals surface area contributed by atoms with Gasteiger partial charge in [0, 0.05) is 30.1 Å². The zero-order chi connectivity index (χ0) is 13.7. The van der Waals surface area contributed by atoms with E-state index in [1.807, 2.05) is 12.3 Å². The van der Waals surface area contributed by atoms with Crippen LogP contribution in [0.2, 0.25) is 0 Å². The number of aromatic nitrogens is 3. The van der Waals surface area contributed by atoms with Gasteiger partial charge in [0.05, 0.1) is 5.69 Å². The molecule has 0 saturated carbocycles. The van der Waals surface area contributed by atoms with Crippen LogP contribution >= 0.6 is 11.8 Å². The molecule has 0 radical (unpaired) electrons. The van der Waals surface area contributed by atoms with E-state index in [2.05, 4.69) is 15.0 Å². The lowest BCUT2D eigenvalue weighted by atomic mass is 10.1. The molecule has 0 fully saturated rings. The Morgan fingerprint density at radius 3 is 3.05 bits per heavy atom. The first-order valence-corrected chi connectivity index (χ1v) is 7.36. The summed E-state index contributed by atoms with van der Waals surface area (Å²) in [5.74, 6) is 1.45. The topological polar surface area (TPSA) is 84.7 Å². The van der Waals surface area contributed by atoms with E-state index in [9.17, 15) is 4.79 Å². The Kier molecular flexibility index (Phi) is 4.70. The van der Waals surface area contributed by atoms with Gasteiger partial charge < -0.3 is 10.7 Å². The third-order valence-corrected chi connectivity index (χ3v) is 3.35. The zero-order valence-corrected chi connectivity index (χ0v) is 11.5. The van der Waals surface area contributed by atoms with Crippen molar-refractivity contribution < 1.29 is 0 Å². The smallest absolute Gasteiger partial charge is 0.251 e. The summed E-state index contributed by atoms with van der Waals surface area (Å²) in [5, 5.41) is 0. The van der Waals surface area contributed by atoms with Gasteiger partial charge in [0.15, 0.2) is 0 Å². The first-order chi connectivity index (χ1) is 9.20. The first-order valence-electron chi connectivity index (χ1n) is 5.97. The van der Waals surface area contributed by atoms with Crippen molar-refractivity contribution in [3.63, 3.8) is 0 Å². The Bertz CT molecular complexity index is 585. The van der Waals surface area contributed by atoms with E-state index in [4.69, 9.17) is 5.73 Å². The molecule has 0 aliphatic rings. The maximum atomic E-state index is 11.7. The molecule has 0 amide bonds. The van der Waals surface area contributed by atoms with Crippen molar-refractivity contribution in [1.29, 1.82) is 0 Å². The molecule has 3 N–H and O–H groups in total. The molecule has 2 aromatic heterocycles. The Morgan fingerprint density at radius 2 is 2.37 bits per heavy atom. The standard InChI is InChI=1S/C13H16N4OS/c1-19-6-4-10(14)11-7-12(18)17-13(16-11)9-3-2-5-15-8-9/h2-3,5,7-8,10H,4,6,14H2,1H3,(H,16,17,18)/t10-/m0/s1. The third-order valence-electron chi connectivity index (χ3n) is 2.71. The SMILES string of the molecule is CSCC[C@H](N)c1cc(=O)[nH]c(-c2cccnc2)n1. The number of thioether (sulfide) groups is 1. The van der Waals surface area contributed by atoms with Crippen molar-refractivity contribution in [3.8, 4) is 11.4 Å². The second-order valence-corrected chi connectivity index (χ2v) is 5.13. The van der Waals surface area contributed by atoms with Crippen molar-refractivity contribution in [3.05, 3.63) is 46.6 Å². The highest BCUT2D eigenvalue weighted by molar-refractivity contribution is 7.98. The van der Waals surface area contributed by atoms with Gasteiger partial charge in [-0.1, -0.05) is 0 Å². The van der Waals surface area contributed by atoms with Gasteiger partial charge in [0.1, 0.15) is 5.82 Å². The van der Waals surface area contributed by atoms with Gasteiger partial charge in [-0.15, -0.1) is 0 Å². The Balaban J connectivity index is 2.32. The fraction of sp³-hybridized carbons (Fsp3) is 0.308. The van der Waals surface area contributed by atoms with Crippen LogP contribution < -0.4 is 11.3 Å². The molecule has 6 heteroatoms. The summed E-state index contributed by atoms with van der Waals surface area (Å²) in [6.45, 7) is 0. The van der Waals surface area contributed by atoms with Gasteiger partial charge >= 0.3 is 0 Å². The van der Waals surface area contributed by atoms with Gasteiger partial charge in [-0.25, -0.2) is 4.98 Å². The molecule has 0 aliphatic heterocycles. The van der Waals surface area contributed by atoms with Crippen LogP contribution in [-0.2, 0) is 0 Å². The van der Waals surface area contributed by atoms with Gasteiger partial charge in [0.25, 0.3) is 5.56 Å². The van der Waals surface area contributed by atoms with Gasteiger partial charge in [-0.2, -0.15) is 11.8 Å². The van der Waals surface area contributed by atoms with Crippen LogP contribution in [0, 0.1) is 0 Å². The number of aromatic amines is 1. The van der Waals surface area contributed by atoms with E-state index >= 15 is 0 Å². The number of H-pyrrole nitrogens is 1. The molecular weight excluding hydrogens is 260 g/mol. The molecule has 0 saturated heterocycles. The van der Waals surface area contributed by atoms with Gasteiger partial charge in [-0.05, 0) is 30.6 Å². The van der Waals surface area contributed by atoms with Gasteiger partial charge in [0.2, 0.25) is 0 Å². The Labute approximate surface area is 115 Å². The quantitative estimate of drug-likeness (QED) is 0.866. The number of nitrogens with one attached hydrogen (secondary N) is 1. The second kappa shape index (κ2) is 6.49. The van der Waals surface area contributed by atoms with Crippen LogP contribution in [0.4, 0.5) is 0 Å². The van der Waals surface area contributed by atoms with Crippen molar-refractivity contribution in [2.24, 2.45) is 5.73 Å². The van der Waals surface area contributed by atoms with Crippen LogP contribution in [0.1, 0.15) is 18.2 Å². The fourth-order valence-electron chi connectivity index (χ4n) is 1.70. The minimum atomic E-state index is -0.217. The highest BCUT2D eigenvalue weighted by Gasteiger charge is 2.10. The molecule has 5 nitrogen and oxygen atoms in total. The third kappa shape index (κ3) is 3.65. The lowest BCUT2D eigenvalue weighted by Gasteiger charge is -2.11. The molecule has 2 heterocycles. The number of hydrogen-bond donors (Lipinski definition) is 2. The van der Waals surface area contributed by atoms with Crippen molar-refractivity contribution >= 4 is 11.8 Å². The maximum Gasteiger partial charge on any atom is 0.251 e. The zero-order valence-electron chi connectivity index (χ0n) is 10.7. The summed E-state index contributed by atoms with van der Waals surface area (Å²) >= 11 is 1.73. The minimum absolute atomic E-state index is 0.191. The van der Waals surface area contributed by atoms with E-state index in [1.54, 1.807) is 30.2 Å². The monoisotopic (exact) mass is 276 g/mol. The minimum Gasteiger partial charge on any atom is -0.323 e. The first kappa shape index (κ1) is 13.8. The fourth-order valence-corrected chi connectivity index (χ4v) is 2.19. The van der Waals surface area contributed by atoms with Crippen molar-refractivity contribution in [2.75, 3.05) is 12.0 Å². The molecule has 0 spiro atoms. The highest BCUT2D eigenvalue weighted by Crippen LogP contribution is 2.16. The summed E-state index contributed by atoms with van der Waals surface area (Å²) in [4.78, 5) is 22.8. The number of nitrogens with zero attached hydrogens (tertiary/aromatic N) is 2. The van der Waals surface area contributed by atoms with Crippen LogP contribution in [-0.4, -0.2) is 27.0 Å². The molecular formula is C13H16N4OS. The van der Waals surface area contributed by atoms with Crippen LogP contribution in [0.15, 0.2) is 35.4 Å². The normalized spacial score (nSPS) is 12.3. The molecule has 2 rings (SSSR count). The number of pyridine rings is 1. The Morgan fingerprint density at radius 1 is 1.53 bits per heavy atom. The predicted octanol–water partition coefficient (Wildman–Crippen LogP) is 1.58. The summed E-state index contributed by atoms with van der Waals surface area (Å²) in [5.41, 5.74) is 7.26. The molecule has 100 valence electrons. The predicted molar refractivity (Wildman–Crippen MR) is 78.0 cm³/mol. The van der Waals surface area contributed by atoms with E-state index < -0.39 is 0 Å². The van der Waals surface area contributed by atoms with Crippen LogP contribution in [0.25, 0.3) is 11.4 Å². The van der Waals surface area contributed by atoms with E-state index in [1.165, 1.54) is 6.07 Å². The molecule has 1 atom stereocenters. The molecule has 2 aromatic rings. The molecule has 0 unspecified atom stereocenters. The van der Waals surface area contributed by atoms with Gasteiger partial charge in [-0.3, -0.25) is 9.78 Å². The van der Waals surface area contributed by atoms with Crippen LogP contribution in [0.5, 0.6) is 0 Å². The maximum absolute atomic E-state index is 11.7. The van der Waals surface area contributed by atoms with E-state index in [-0.39, 0.29) is 11.6 Å². The van der Waals surface area contributed by atoms with E-state index in [0.29, 0.717) is 11.5 Å². The Hall–Kier alpha value is -1.66. The largest absolute Gasteiger partial charge is 0.323 e. The average Bonchev–Trinajstić information content (AvgIpc) is 2.45. The summed E-state index contributed by atoms with van der Waals surface area (Å²) in [7, 11) is 0. The van der Waals surface area contributed by atoms with Crippen molar-refractivity contribution in [1.82, 2.24) is 15.0 Å². The lowest BCUT2D eigenvalue weighted by Crippen LogP contribution is -2.18. The summed E-state index contributed by atoms with van der Waals surface area (Å²) in [6, 6.07) is 4.90. The van der Waals surface area contributed by atoms with Crippen LogP contribution in [0.3, 0.4) is 0 Å². The average molecular weight is 276 g/mol. The van der Waals surface area contributed by atoms with E-state index in [0.717, 1.165) is 17.7 Å². The number of nitrogens with two attached hydrogens (primary N) is 1. The van der Waals surface area contributed by atoms with Crippen molar-refractivity contribution in [2.45, 2.75) is 12.5 Å². The molecule has 19 heavy (non-hydrogen) atoms. The second-order valence-electron chi connectivity index (χ2n) is 4.15. The highest BCUT2D eigenvalue weighted by atomic mass is 32.2. The molecule has 0 bridgehead atoms. The molecule has 0 aliphatic carbocycles. The number of hydrogen-bond acceptors (Lipinski definition) is 5. The summed E-state index contributed by atoms with van der Waals surface area (Å²) < 4.78 is 0. The molecule has 0 aromatic carbocycles. The summed E-state index contributed by atoms with van der Waals surface area (Å²) in [6.07, 6.45) is 6.16.